The minimum atomic E-state index is -0.220. The number of hydrogen-bond donors (Lipinski definition) is 2. The van der Waals surface area contributed by atoms with Crippen molar-refractivity contribution in [2.45, 2.75) is 32.4 Å². The first-order chi connectivity index (χ1) is 11.2. The van der Waals surface area contributed by atoms with Gasteiger partial charge in [0, 0.05) is 24.7 Å². The Hall–Kier alpha value is -2.36. The van der Waals surface area contributed by atoms with E-state index in [4.69, 9.17) is 0 Å². The zero-order valence-corrected chi connectivity index (χ0v) is 13.0. The van der Waals surface area contributed by atoms with E-state index in [9.17, 15) is 9.18 Å². The number of benzene rings is 2. The van der Waals surface area contributed by atoms with E-state index in [0.29, 0.717) is 13.1 Å². The van der Waals surface area contributed by atoms with Crippen LogP contribution in [0, 0.1) is 11.7 Å². The van der Waals surface area contributed by atoms with E-state index in [0.717, 1.165) is 29.7 Å². The van der Waals surface area contributed by atoms with E-state index < -0.39 is 0 Å². The summed E-state index contributed by atoms with van der Waals surface area (Å²) in [6.45, 7) is 1.23. The molecule has 2 N–H and O–H groups in total. The van der Waals surface area contributed by atoms with Gasteiger partial charge in [-0.05, 0) is 48.2 Å². The number of rotatable bonds is 6. The molecule has 0 radical (unpaired) electrons. The number of hydrogen-bond acceptors (Lipinski definition) is 2. The van der Waals surface area contributed by atoms with Crippen molar-refractivity contribution in [3.05, 3.63) is 65.5 Å². The molecule has 1 fully saturated rings. The zero-order chi connectivity index (χ0) is 16.1. The van der Waals surface area contributed by atoms with E-state index in [1.165, 1.54) is 18.6 Å². The SMILES string of the molecule is O=C(NCc1ccc(NCc2ccc(F)cc2)cc1)C1CCC1. The number of halogens is 1. The highest BCUT2D eigenvalue weighted by Crippen LogP contribution is 2.26. The second-order valence-corrected chi connectivity index (χ2v) is 6.02. The maximum Gasteiger partial charge on any atom is 0.223 e. The molecule has 0 spiro atoms. The first-order valence-electron chi connectivity index (χ1n) is 8.06. The van der Waals surface area contributed by atoms with Crippen molar-refractivity contribution in [3.8, 4) is 0 Å². The number of nitrogens with one attached hydrogen (secondary N) is 2. The van der Waals surface area contributed by atoms with Crippen LogP contribution in [0.3, 0.4) is 0 Å². The van der Waals surface area contributed by atoms with E-state index in [-0.39, 0.29) is 17.6 Å². The van der Waals surface area contributed by atoms with Crippen molar-refractivity contribution in [1.82, 2.24) is 5.32 Å². The van der Waals surface area contributed by atoms with Gasteiger partial charge in [0.15, 0.2) is 0 Å². The fraction of sp³-hybridized carbons (Fsp3) is 0.316. The second kappa shape index (κ2) is 7.27. The van der Waals surface area contributed by atoms with Crippen LogP contribution in [0.4, 0.5) is 10.1 Å². The molecule has 3 nitrogen and oxygen atoms in total. The normalized spacial score (nSPS) is 14.1. The Morgan fingerprint density at radius 1 is 0.957 bits per heavy atom. The molecule has 1 aliphatic carbocycles. The predicted molar refractivity (Wildman–Crippen MR) is 89.4 cm³/mol. The second-order valence-electron chi connectivity index (χ2n) is 6.02. The van der Waals surface area contributed by atoms with Crippen LogP contribution in [-0.4, -0.2) is 5.91 Å². The van der Waals surface area contributed by atoms with Crippen molar-refractivity contribution in [2.75, 3.05) is 5.32 Å². The fourth-order valence-electron chi connectivity index (χ4n) is 2.55. The van der Waals surface area contributed by atoms with Gasteiger partial charge in [0.25, 0.3) is 0 Å². The van der Waals surface area contributed by atoms with Gasteiger partial charge < -0.3 is 10.6 Å². The predicted octanol–water partition coefficient (Wildman–Crippen LogP) is 3.85. The summed E-state index contributed by atoms with van der Waals surface area (Å²) in [5.41, 5.74) is 3.12. The third kappa shape index (κ3) is 4.31. The molecule has 4 heteroatoms. The van der Waals surface area contributed by atoms with Gasteiger partial charge in [-0.2, -0.15) is 0 Å². The van der Waals surface area contributed by atoms with Crippen LogP contribution in [0.1, 0.15) is 30.4 Å². The number of anilines is 1. The van der Waals surface area contributed by atoms with Gasteiger partial charge in [-0.1, -0.05) is 30.7 Å². The molecule has 0 atom stereocenters. The van der Waals surface area contributed by atoms with E-state index in [2.05, 4.69) is 10.6 Å². The molecule has 1 saturated carbocycles. The molecule has 0 unspecified atom stereocenters. The lowest BCUT2D eigenvalue weighted by Gasteiger charge is -2.24. The summed E-state index contributed by atoms with van der Waals surface area (Å²) in [4.78, 5) is 11.8. The van der Waals surface area contributed by atoms with Gasteiger partial charge >= 0.3 is 0 Å². The van der Waals surface area contributed by atoms with Gasteiger partial charge in [-0.25, -0.2) is 4.39 Å². The summed E-state index contributed by atoms with van der Waals surface area (Å²) >= 11 is 0. The summed E-state index contributed by atoms with van der Waals surface area (Å²) in [5, 5.41) is 6.29. The lowest BCUT2D eigenvalue weighted by Crippen LogP contribution is -2.33. The average Bonchev–Trinajstić information content (AvgIpc) is 2.52. The molecule has 23 heavy (non-hydrogen) atoms. The third-order valence-electron chi connectivity index (χ3n) is 4.31. The maximum atomic E-state index is 12.8. The highest BCUT2D eigenvalue weighted by atomic mass is 19.1. The van der Waals surface area contributed by atoms with E-state index in [1.807, 2.05) is 24.3 Å². The molecule has 1 aliphatic rings. The van der Waals surface area contributed by atoms with Gasteiger partial charge in [0.05, 0.1) is 0 Å². The number of carbonyl (C=O) groups excluding carboxylic acids is 1. The maximum absolute atomic E-state index is 12.8. The largest absolute Gasteiger partial charge is 0.381 e. The summed E-state index contributed by atoms with van der Waals surface area (Å²) in [6, 6.07) is 14.5. The van der Waals surface area contributed by atoms with Gasteiger partial charge in [0.1, 0.15) is 5.82 Å². The van der Waals surface area contributed by atoms with Crippen molar-refractivity contribution in [2.24, 2.45) is 5.92 Å². The lowest BCUT2D eigenvalue weighted by atomic mass is 9.85. The Morgan fingerprint density at radius 3 is 2.17 bits per heavy atom. The Bertz CT molecular complexity index is 648. The monoisotopic (exact) mass is 312 g/mol. The van der Waals surface area contributed by atoms with Crippen LogP contribution < -0.4 is 10.6 Å². The lowest BCUT2D eigenvalue weighted by molar-refractivity contribution is -0.127. The third-order valence-corrected chi connectivity index (χ3v) is 4.31. The molecule has 1 amide bonds. The molecule has 0 saturated heterocycles. The van der Waals surface area contributed by atoms with E-state index in [1.54, 1.807) is 12.1 Å². The van der Waals surface area contributed by atoms with E-state index >= 15 is 0 Å². The van der Waals surface area contributed by atoms with Crippen LogP contribution in [0.25, 0.3) is 0 Å². The molecule has 0 aliphatic heterocycles. The standard InChI is InChI=1S/C19H21FN2O/c20-17-8-4-14(5-9-17)12-21-18-10-6-15(7-11-18)13-22-19(23)16-2-1-3-16/h4-11,16,21H,1-3,12-13H2,(H,22,23). The topological polar surface area (TPSA) is 41.1 Å². The van der Waals surface area contributed by atoms with Crippen molar-refractivity contribution in [3.63, 3.8) is 0 Å². The molecule has 0 aromatic heterocycles. The Morgan fingerprint density at radius 2 is 1.57 bits per heavy atom. The van der Waals surface area contributed by atoms with Crippen molar-refractivity contribution in [1.29, 1.82) is 0 Å². The van der Waals surface area contributed by atoms with Crippen LogP contribution in [0.2, 0.25) is 0 Å². The fourth-order valence-corrected chi connectivity index (χ4v) is 2.55. The molecule has 3 rings (SSSR count). The minimum absolute atomic E-state index is 0.176. The average molecular weight is 312 g/mol. The molecule has 2 aromatic carbocycles. The molecule has 0 bridgehead atoms. The quantitative estimate of drug-likeness (QED) is 0.850. The van der Waals surface area contributed by atoms with Crippen LogP contribution in [0.5, 0.6) is 0 Å². The Labute approximate surface area is 135 Å². The van der Waals surface area contributed by atoms with Gasteiger partial charge in [-0.3, -0.25) is 4.79 Å². The smallest absolute Gasteiger partial charge is 0.223 e. The van der Waals surface area contributed by atoms with Crippen LogP contribution in [-0.2, 0) is 17.9 Å². The number of carbonyl (C=O) groups is 1. The molecule has 2 aromatic rings. The first-order valence-corrected chi connectivity index (χ1v) is 8.06. The molecule has 120 valence electrons. The number of amides is 1. The summed E-state index contributed by atoms with van der Waals surface area (Å²) < 4.78 is 12.8. The van der Waals surface area contributed by atoms with Gasteiger partial charge in [0.2, 0.25) is 5.91 Å². The highest BCUT2D eigenvalue weighted by Gasteiger charge is 2.24. The van der Waals surface area contributed by atoms with Gasteiger partial charge in [-0.15, -0.1) is 0 Å². The zero-order valence-electron chi connectivity index (χ0n) is 13.0. The molecular formula is C19H21FN2O. The van der Waals surface area contributed by atoms with Crippen molar-refractivity contribution < 1.29 is 9.18 Å². The summed E-state index contributed by atoms with van der Waals surface area (Å²) in [5.74, 6) is 0.184. The minimum Gasteiger partial charge on any atom is -0.381 e. The van der Waals surface area contributed by atoms with Crippen LogP contribution >= 0.6 is 0 Å². The highest BCUT2D eigenvalue weighted by molar-refractivity contribution is 5.79. The Kier molecular flexibility index (Phi) is 4.91. The molecular weight excluding hydrogens is 291 g/mol. The van der Waals surface area contributed by atoms with Crippen LogP contribution in [0.15, 0.2) is 48.5 Å². The first kappa shape index (κ1) is 15.5. The Balaban J connectivity index is 1.46. The van der Waals surface area contributed by atoms with Crippen molar-refractivity contribution >= 4 is 11.6 Å². The summed E-state index contributed by atoms with van der Waals surface area (Å²) in [6.07, 6.45) is 3.22. The summed E-state index contributed by atoms with van der Waals surface area (Å²) in [7, 11) is 0. The molecule has 0 heterocycles.